The first-order valence-electron chi connectivity index (χ1n) is 5.10. The Morgan fingerprint density at radius 1 is 1.43 bits per heavy atom. The molecule has 1 atom stereocenters. The van der Waals surface area contributed by atoms with Crippen LogP contribution >= 0.6 is 11.8 Å². The molecule has 1 nitrogen and oxygen atoms in total. The highest BCUT2D eigenvalue weighted by Crippen LogP contribution is 2.37. The number of rotatable bonds is 3. The zero-order valence-electron chi connectivity index (χ0n) is 8.44. The Labute approximate surface area is 89.5 Å². The van der Waals surface area contributed by atoms with Crippen LogP contribution in [0.4, 0.5) is 0 Å². The molecule has 1 aliphatic rings. The number of aliphatic hydroxyl groups excluding tert-OH is 1. The van der Waals surface area contributed by atoms with Gasteiger partial charge in [-0.05, 0) is 11.1 Å². The van der Waals surface area contributed by atoms with E-state index < -0.39 is 0 Å². The van der Waals surface area contributed by atoms with Gasteiger partial charge in [-0.3, -0.25) is 0 Å². The highest BCUT2D eigenvalue weighted by Gasteiger charge is 2.23. The minimum atomic E-state index is 0.247. The zero-order valence-corrected chi connectivity index (χ0v) is 9.26. The second-order valence-corrected chi connectivity index (χ2v) is 5.02. The Morgan fingerprint density at radius 3 is 2.71 bits per heavy atom. The van der Waals surface area contributed by atoms with E-state index >= 15 is 0 Å². The van der Waals surface area contributed by atoms with Gasteiger partial charge in [0.1, 0.15) is 0 Å². The van der Waals surface area contributed by atoms with Crippen molar-refractivity contribution in [1.82, 2.24) is 0 Å². The number of aliphatic hydroxyl groups is 1. The molecule has 0 aromatic heterocycles. The molecule has 0 amide bonds. The summed E-state index contributed by atoms with van der Waals surface area (Å²) >= 11 is 2.01. The standard InChI is InChI=1S/C12H16OS/c1-9(6-13)11-4-2-3-5-12(11)10-7-14-8-10/h2-5,9-10,13H,6-8H2,1H3. The topological polar surface area (TPSA) is 20.2 Å². The third kappa shape index (κ3) is 1.82. The van der Waals surface area contributed by atoms with Crippen molar-refractivity contribution in [2.45, 2.75) is 18.8 Å². The monoisotopic (exact) mass is 208 g/mol. The van der Waals surface area contributed by atoms with Gasteiger partial charge in [-0.25, -0.2) is 0 Å². The normalized spacial score (nSPS) is 19.0. The molecule has 1 aliphatic heterocycles. The van der Waals surface area contributed by atoms with Crippen molar-refractivity contribution in [3.05, 3.63) is 35.4 Å². The van der Waals surface area contributed by atoms with Gasteiger partial charge < -0.3 is 5.11 Å². The molecule has 0 radical (unpaired) electrons. The minimum absolute atomic E-state index is 0.247. The van der Waals surface area contributed by atoms with E-state index in [1.54, 1.807) is 0 Å². The fourth-order valence-corrected chi connectivity index (χ4v) is 2.68. The van der Waals surface area contributed by atoms with Gasteiger partial charge in [0.05, 0.1) is 0 Å². The molecule has 2 rings (SSSR count). The molecule has 76 valence electrons. The molecule has 1 fully saturated rings. The molecule has 0 saturated carbocycles. The lowest BCUT2D eigenvalue weighted by Crippen LogP contribution is -2.18. The molecule has 1 aromatic rings. The highest BCUT2D eigenvalue weighted by molar-refractivity contribution is 8.00. The van der Waals surface area contributed by atoms with Crippen molar-refractivity contribution >= 4 is 11.8 Å². The van der Waals surface area contributed by atoms with Crippen molar-refractivity contribution in [3.8, 4) is 0 Å². The Kier molecular flexibility index (Phi) is 3.14. The maximum atomic E-state index is 9.18. The van der Waals surface area contributed by atoms with Crippen LogP contribution in [-0.4, -0.2) is 23.2 Å². The van der Waals surface area contributed by atoms with Gasteiger partial charge in [-0.1, -0.05) is 31.2 Å². The van der Waals surface area contributed by atoms with Crippen LogP contribution in [0.15, 0.2) is 24.3 Å². The van der Waals surface area contributed by atoms with Gasteiger partial charge in [0.25, 0.3) is 0 Å². The second kappa shape index (κ2) is 4.37. The van der Waals surface area contributed by atoms with Crippen LogP contribution in [0, 0.1) is 0 Å². The van der Waals surface area contributed by atoms with E-state index in [1.807, 2.05) is 11.8 Å². The van der Waals surface area contributed by atoms with Crippen LogP contribution < -0.4 is 0 Å². The lowest BCUT2D eigenvalue weighted by molar-refractivity contribution is 0.272. The zero-order chi connectivity index (χ0) is 9.97. The van der Waals surface area contributed by atoms with Gasteiger partial charge in [0.2, 0.25) is 0 Å². The molecule has 2 heteroatoms. The number of hydrogen-bond donors (Lipinski definition) is 1. The summed E-state index contributed by atoms with van der Waals surface area (Å²) in [6, 6.07) is 8.54. The summed E-state index contributed by atoms with van der Waals surface area (Å²) in [6.45, 7) is 2.33. The quantitative estimate of drug-likeness (QED) is 0.824. The molecule has 1 saturated heterocycles. The van der Waals surface area contributed by atoms with E-state index in [2.05, 4.69) is 31.2 Å². The molecule has 0 aliphatic carbocycles. The Balaban J connectivity index is 2.27. The molecule has 1 heterocycles. The van der Waals surface area contributed by atoms with Gasteiger partial charge in [-0.15, -0.1) is 0 Å². The predicted molar refractivity (Wildman–Crippen MR) is 62.0 cm³/mol. The first-order chi connectivity index (χ1) is 6.83. The minimum Gasteiger partial charge on any atom is -0.396 e. The van der Waals surface area contributed by atoms with E-state index in [0.717, 1.165) is 5.92 Å². The third-order valence-corrected chi connectivity index (χ3v) is 4.15. The van der Waals surface area contributed by atoms with Gasteiger partial charge in [-0.2, -0.15) is 11.8 Å². The summed E-state index contributed by atoms with van der Waals surface area (Å²) in [5, 5.41) is 9.18. The molecule has 14 heavy (non-hydrogen) atoms. The van der Waals surface area contributed by atoms with E-state index in [1.165, 1.54) is 22.6 Å². The molecular formula is C12H16OS. The average molecular weight is 208 g/mol. The summed E-state index contributed by atoms with van der Waals surface area (Å²) in [5.41, 5.74) is 2.79. The predicted octanol–water partition coefficient (Wildman–Crippen LogP) is 2.61. The highest BCUT2D eigenvalue weighted by atomic mass is 32.2. The second-order valence-electron chi connectivity index (χ2n) is 3.95. The lowest BCUT2D eigenvalue weighted by Gasteiger charge is -2.28. The van der Waals surface area contributed by atoms with Crippen molar-refractivity contribution in [2.75, 3.05) is 18.1 Å². The first kappa shape index (κ1) is 10.1. The summed E-state index contributed by atoms with van der Waals surface area (Å²) in [6.07, 6.45) is 0. The van der Waals surface area contributed by atoms with Crippen molar-refractivity contribution < 1.29 is 5.11 Å². The van der Waals surface area contributed by atoms with Crippen molar-refractivity contribution in [3.63, 3.8) is 0 Å². The molecule has 0 spiro atoms. The van der Waals surface area contributed by atoms with E-state index in [4.69, 9.17) is 0 Å². The first-order valence-corrected chi connectivity index (χ1v) is 6.26. The van der Waals surface area contributed by atoms with Crippen molar-refractivity contribution in [1.29, 1.82) is 0 Å². The summed E-state index contributed by atoms with van der Waals surface area (Å²) in [5.74, 6) is 3.49. The summed E-state index contributed by atoms with van der Waals surface area (Å²) in [7, 11) is 0. The molecule has 0 bridgehead atoms. The lowest BCUT2D eigenvalue weighted by atomic mass is 9.90. The van der Waals surface area contributed by atoms with Crippen LogP contribution in [0.3, 0.4) is 0 Å². The Bertz CT molecular complexity index is 283. The summed E-state index contributed by atoms with van der Waals surface area (Å²) < 4.78 is 0. The van der Waals surface area contributed by atoms with Crippen LogP contribution in [0.5, 0.6) is 0 Å². The number of benzene rings is 1. The average Bonchev–Trinajstić information content (AvgIpc) is 2.15. The maximum Gasteiger partial charge on any atom is 0.0497 e. The molecule has 1 N–H and O–H groups in total. The number of hydrogen-bond acceptors (Lipinski definition) is 2. The largest absolute Gasteiger partial charge is 0.396 e. The van der Waals surface area contributed by atoms with Gasteiger partial charge in [0, 0.05) is 29.9 Å². The van der Waals surface area contributed by atoms with Gasteiger partial charge in [0.15, 0.2) is 0 Å². The van der Waals surface area contributed by atoms with Crippen LogP contribution in [-0.2, 0) is 0 Å². The SMILES string of the molecule is CC(CO)c1ccccc1C1CSC1. The van der Waals surface area contributed by atoms with Gasteiger partial charge >= 0.3 is 0 Å². The fourth-order valence-electron chi connectivity index (χ4n) is 1.85. The maximum absolute atomic E-state index is 9.18. The number of thioether (sulfide) groups is 1. The molecule has 1 aromatic carbocycles. The van der Waals surface area contributed by atoms with Crippen LogP contribution in [0.25, 0.3) is 0 Å². The smallest absolute Gasteiger partial charge is 0.0497 e. The third-order valence-electron chi connectivity index (χ3n) is 2.88. The van der Waals surface area contributed by atoms with E-state index in [-0.39, 0.29) is 12.5 Å². The fraction of sp³-hybridized carbons (Fsp3) is 0.500. The van der Waals surface area contributed by atoms with Crippen LogP contribution in [0.2, 0.25) is 0 Å². The van der Waals surface area contributed by atoms with Crippen LogP contribution in [0.1, 0.15) is 29.9 Å². The molecular weight excluding hydrogens is 192 g/mol. The van der Waals surface area contributed by atoms with Crippen molar-refractivity contribution in [2.24, 2.45) is 0 Å². The summed E-state index contributed by atoms with van der Waals surface area (Å²) in [4.78, 5) is 0. The Hall–Kier alpha value is -0.470. The van der Waals surface area contributed by atoms with E-state index in [9.17, 15) is 5.11 Å². The van der Waals surface area contributed by atoms with E-state index in [0.29, 0.717) is 0 Å². The Morgan fingerprint density at radius 2 is 2.14 bits per heavy atom. The molecule has 1 unspecified atom stereocenters.